The molecule has 13 rings (SSSR count). The van der Waals surface area contributed by atoms with Gasteiger partial charge in [-0.3, -0.25) is 38.6 Å². The van der Waals surface area contributed by atoms with Crippen molar-refractivity contribution in [2.45, 2.75) is 114 Å². The molecule has 5 aliphatic heterocycles. The number of nitrogens with zero attached hydrogens (tertiary/aromatic N) is 11. The number of fused-ring (bicyclic) bond motifs is 15. The number of allylic oxidation sites excluding steroid dienone is 1. The minimum atomic E-state index is -1.92. The highest BCUT2D eigenvalue weighted by Gasteiger charge is 2.50. The van der Waals surface area contributed by atoms with Crippen molar-refractivity contribution in [1.29, 1.82) is 0 Å². The number of hydrogen-bond donors (Lipinski definition) is 10. The monoisotopic (exact) mass is 1590 g/mol. The number of carbonyl (C=O) groups is 8. The SMILES string of the molecule is CO/C(C)=C1/NC(=O)[C@H]([C@@H](C)O)NC(=O)c2csc(n2)-c2cc(O)c(-c3nc(C(=O)NC(CN4CCN(CCN(C)C)CC4)C(N)=O)cs3)nc2-c2csc(n2)[C@@H]2COC(=O)c3c4c5c(cccc5n3O)COC(=O)[C@@H](O[C@H]3C[C@](C)(O)[C@H](N(C)C)[C@H](C)O3)[C@@H](OC4)[C@H](NC(=O)c3csc1n3)c1nc(cs1)C(=O)N2. The van der Waals surface area contributed by atoms with Gasteiger partial charge in [-0.2, -0.15) is 4.73 Å². The predicted octanol–water partition coefficient (Wildman–Crippen LogP) is 2.93. The highest BCUT2D eigenvalue weighted by molar-refractivity contribution is 7.14. The number of benzene rings is 1. The van der Waals surface area contributed by atoms with E-state index in [-0.39, 0.29) is 111 Å². The number of esters is 2. The first kappa shape index (κ1) is 77.7. The van der Waals surface area contributed by atoms with Gasteiger partial charge in [0, 0.05) is 95.6 Å². The summed E-state index contributed by atoms with van der Waals surface area (Å²) in [5.41, 5.74) is 3.18. The molecule has 35 nitrogen and oxygen atoms in total. The number of cyclic esters (lactones) is 2. The zero-order chi connectivity index (χ0) is 77.6. The zero-order valence-electron chi connectivity index (χ0n) is 60.3. The number of amides is 6. The van der Waals surface area contributed by atoms with Crippen LogP contribution in [0.4, 0.5) is 0 Å². The number of ether oxygens (including phenoxy) is 6. The van der Waals surface area contributed by atoms with Gasteiger partial charge >= 0.3 is 11.9 Å². The molecular formula is C69H79N17O18S5. The molecule has 40 heteroatoms. The molecule has 1 unspecified atom stereocenters. The largest absolute Gasteiger partial charge is 0.506 e. The van der Waals surface area contributed by atoms with Crippen LogP contribution in [0.1, 0.15) is 125 Å². The summed E-state index contributed by atoms with van der Waals surface area (Å²) in [5, 5.41) is 68.6. The summed E-state index contributed by atoms with van der Waals surface area (Å²) in [5.74, 6) is -7.86. The number of aliphatic hydroxyl groups is 2. The van der Waals surface area contributed by atoms with Gasteiger partial charge < -0.3 is 91.1 Å². The van der Waals surface area contributed by atoms with E-state index >= 15 is 19.2 Å². The van der Waals surface area contributed by atoms with E-state index in [2.05, 4.69) is 51.3 Å². The lowest BCUT2D eigenvalue weighted by atomic mass is 9.85. The summed E-state index contributed by atoms with van der Waals surface area (Å²) in [6.45, 7) is 8.94. The number of pyridine rings is 1. The molecule has 2 saturated heterocycles. The maximum atomic E-state index is 15.3. The van der Waals surface area contributed by atoms with Gasteiger partial charge in [-0.05, 0) is 73.6 Å². The second kappa shape index (κ2) is 32.3. The van der Waals surface area contributed by atoms with Gasteiger partial charge in [0.05, 0.1) is 43.1 Å². The lowest BCUT2D eigenvalue weighted by Gasteiger charge is -2.48. The molecule has 109 heavy (non-hydrogen) atoms. The lowest BCUT2D eigenvalue weighted by Crippen LogP contribution is -2.62. The Bertz CT molecular complexity index is 4860. The minimum Gasteiger partial charge on any atom is -0.506 e. The molecule has 2 fully saturated rings. The van der Waals surface area contributed by atoms with Crippen molar-refractivity contribution in [3.8, 4) is 38.4 Å². The maximum absolute atomic E-state index is 15.3. The van der Waals surface area contributed by atoms with Crippen molar-refractivity contribution in [2.75, 3.05) is 87.7 Å². The number of methoxy groups -OCH3 is 1. The number of primary amides is 1. The Balaban J connectivity index is 0.931. The number of thiazole rings is 5. The van der Waals surface area contributed by atoms with Crippen molar-refractivity contribution in [3.63, 3.8) is 0 Å². The molecule has 12 bridgehead atoms. The number of aromatic nitrogens is 7. The number of carbonyl (C=O) groups excluding carboxylic acids is 8. The number of nitrogens with two attached hydrogens (primary N) is 1. The molecule has 5 aliphatic rings. The minimum absolute atomic E-state index is 0.0124. The normalized spacial score (nSPS) is 24.4. The van der Waals surface area contributed by atoms with Crippen molar-refractivity contribution in [3.05, 3.63) is 112 Å². The number of aromatic hydroxyl groups is 1. The van der Waals surface area contributed by atoms with Crippen molar-refractivity contribution in [2.24, 2.45) is 5.73 Å². The smallest absolute Gasteiger partial charge is 0.358 e. The quantitative estimate of drug-likeness (QED) is 0.0425. The number of piperazine rings is 1. The third kappa shape index (κ3) is 16.4. The summed E-state index contributed by atoms with van der Waals surface area (Å²) in [6.07, 6.45) is -7.57. The zero-order valence-corrected chi connectivity index (χ0v) is 64.4. The van der Waals surface area contributed by atoms with Crippen LogP contribution in [0.25, 0.3) is 49.3 Å². The molecule has 0 radical (unpaired) electrons. The number of likely N-dealkylation sites (N-methyl/N-ethyl adjacent to an activating group) is 2. The third-order valence-corrected chi connectivity index (χ3v) is 23.6. The maximum Gasteiger partial charge on any atom is 0.358 e. The molecule has 0 spiro atoms. The van der Waals surface area contributed by atoms with Crippen molar-refractivity contribution >= 4 is 121 Å². The highest BCUT2D eigenvalue weighted by atomic mass is 32.1. The molecule has 12 heterocycles. The molecule has 578 valence electrons. The standard InChI is InChI=1S/C69H79N17O18S5/c1-30(87)47-61(94)80-48(31(2)99-9)64-75-42(29-107-64)60(93)81-51-53-54(104-45-20-69(4,97)55(83(7)8)32(3)103-45)68(96)101-22-33-11-10-12-43-46(33)35(23-100-53)52(86(43)98)67(95)102-24-37(72-58(91)40-28-109-66(51)77-40)63-73-38(25-106-63)49-34(62-74-41(26-105-62)59(92)79-47)19-44(88)50(78-49)65-76-39(27-108-65)57(90)71-36(56(70)89)21-85-17-15-84(16-18-85)14-13-82(5)6/h10-12,19,25-30,32,36-37,45,47,51,53-55,87-88,97-98H,13-18,20-24H2,1-9H3,(H2,70,89)(H,71,90)(H,72,91)(H,79,92)(H,80,94)(H,81,93)/b48-31+/t30-,32+,36?,37+,45+,47+,51+,53+,54+,55-,69+/m1/s1. The molecule has 0 saturated carbocycles. The molecule has 0 aliphatic carbocycles. The van der Waals surface area contributed by atoms with E-state index in [0.717, 1.165) is 82.9 Å². The fourth-order valence-electron chi connectivity index (χ4n) is 13.7. The van der Waals surface area contributed by atoms with Crippen LogP contribution in [-0.2, 0) is 56.0 Å². The van der Waals surface area contributed by atoms with E-state index < -0.39 is 145 Å². The van der Waals surface area contributed by atoms with Crippen LogP contribution in [0.3, 0.4) is 0 Å². The van der Waals surface area contributed by atoms with Crippen LogP contribution in [0.5, 0.6) is 5.75 Å². The Labute approximate surface area is 642 Å². The molecule has 6 amide bonds. The van der Waals surface area contributed by atoms with Crippen LogP contribution in [0, 0.1) is 0 Å². The van der Waals surface area contributed by atoms with Gasteiger partial charge in [-0.15, -0.1) is 56.7 Å². The summed E-state index contributed by atoms with van der Waals surface area (Å²) in [4.78, 5) is 153. The Morgan fingerprint density at radius 1 is 0.817 bits per heavy atom. The molecule has 11 N–H and O–H groups in total. The van der Waals surface area contributed by atoms with Crippen LogP contribution in [0.2, 0.25) is 0 Å². The van der Waals surface area contributed by atoms with Gasteiger partial charge in [0.2, 0.25) is 11.8 Å². The van der Waals surface area contributed by atoms with Gasteiger partial charge in [0.15, 0.2) is 18.1 Å². The Morgan fingerprint density at radius 2 is 1.48 bits per heavy atom. The summed E-state index contributed by atoms with van der Waals surface area (Å²) in [7, 11) is 8.86. The topological polar surface area (TPSA) is 454 Å². The van der Waals surface area contributed by atoms with Gasteiger partial charge in [0.1, 0.15) is 126 Å². The second-order valence-corrected chi connectivity index (χ2v) is 31.8. The van der Waals surface area contributed by atoms with Gasteiger partial charge in [0.25, 0.3) is 23.6 Å². The Hall–Kier alpha value is -9.40. The number of nitrogens with one attached hydrogen (secondary N) is 5. The van der Waals surface area contributed by atoms with E-state index in [4.69, 9.17) is 49.1 Å². The summed E-state index contributed by atoms with van der Waals surface area (Å²) < 4.78 is 38.4. The van der Waals surface area contributed by atoms with E-state index in [1.807, 2.05) is 19.0 Å². The molecule has 1 aromatic carbocycles. The average Bonchev–Trinajstić information content (AvgIpc) is 1.62. The second-order valence-electron chi connectivity index (χ2n) is 27.4. The fraction of sp³-hybridized carbons (Fsp3) is 0.449. The van der Waals surface area contributed by atoms with Gasteiger partial charge in [-0.25, -0.2) is 39.5 Å². The highest BCUT2D eigenvalue weighted by Crippen LogP contribution is 2.43. The first-order chi connectivity index (χ1) is 52.0. The lowest BCUT2D eigenvalue weighted by molar-refractivity contribution is -0.280. The van der Waals surface area contributed by atoms with Crippen LogP contribution < -0.4 is 32.3 Å². The van der Waals surface area contributed by atoms with E-state index in [9.17, 15) is 39.7 Å². The Morgan fingerprint density at radius 3 is 2.18 bits per heavy atom. The van der Waals surface area contributed by atoms with Crippen molar-refractivity contribution in [1.82, 2.24) is 80.8 Å². The number of hydrogen-bond acceptors (Lipinski definition) is 33. The predicted molar refractivity (Wildman–Crippen MR) is 396 cm³/mol. The Kier molecular flexibility index (Phi) is 23.0. The molecule has 7 aromatic heterocycles. The summed E-state index contributed by atoms with van der Waals surface area (Å²) >= 11 is 4.56. The molecular weight excluding hydrogens is 1520 g/mol. The fourth-order valence-corrected chi connectivity index (χ4v) is 17.9. The summed E-state index contributed by atoms with van der Waals surface area (Å²) in [6, 6.07) is -0.418. The first-order valence-electron chi connectivity index (χ1n) is 34.4. The van der Waals surface area contributed by atoms with E-state index in [0.29, 0.717) is 23.4 Å². The van der Waals surface area contributed by atoms with Gasteiger partial charge in [-0.1, -0.05) is 12.1 Å². The first-order valence-corrected chi connectivity index (χ1v) is 38.8. The van der Waals surface area contributed by atoms with Crippen LogP contribution in [0.15, 0.2) is 56.9 Å². The van der Waals surface area contributed by atoms with E-state index in [1.54, 1.807) is 50.4 Å². The average molecular weight is 1590 g/mol. The number of rotatable bonds is 14. The number of aliphatic hydroxyl groups excluding tert-OH is 1. The van der Waals surface area contributed by atoms with Crippen LogP contribution >= 0.6 is 56.7 Å². The third-order valence-electron chi connectivity index (χ3n) is 19.2. The van der Waals surface area contributed by atoms with Crippen molar-refractivity contribution < 1.29 is 87.3 Å². The van der Waals surface area contributed by atoms with E-state index in [1.165, 1.54) is 54.6 Å². The molecule has 11 atom stereocenters. The van der Waals surface area contributed by atoms with Crippen LogP contribution in [-0.4, -0.2) is 264 Å². The molecule has 8 aromatic rings.